The zero-order valence-corrected chi connectivity index (χ0v) is 8.08. The molecule has 0 aliphatic rings. The molecule has 0 aliphatic carbocycles. The smallest absolute Gasteiger partial charge is 0.295 e. The van der Waals surface area contributed by atoms with E-state index in [1.54, 1.807) is 0 Å². The molecule has 0 aromatic carbocycles. The highest BCUT2D eigenvalue weighted by Gasteiger charge is 2.32. The molecular formula is C9H7F3OS. The number of alkyl halides is 3. The van der Waals surface area contributed by atoms with Crippen LogP contribution in [0.25, 0.3) is 6.08 Å². The summed E-state index contributed by atoms with van der Waals surface area (Å²) in [6.07, 6.45) is -1.68. The molecule has 76 valence electrons. The molecule has 1 aromatic heterocycles. The maximum absolute atomic E-state index is 12.1. The molecule has 0 radical (unpaired) electrons. The molecule has 1 heterocycles. The van der Waals surface area contributed by atoms with Crippen LogP contribution in [-0.4, -0.2) is 5.78 Å². The van der Waals surface area contributed by atoms with Gasteiger partial charge in [-0.2, -0.15) is 13.2 Å². The molecular weight excluding hydrogens is 213 g/mol. The van der Waals surface area contributed by atoms with Crippen LogP contribution in [0.3, 0.4) is 0 Å². The first kappa shape index (κ1) is 11.0. The van der Waals surface area contributed by atoms with Gasteiger partial charge in [0, 0.05) is 4.88 Å². The first-order valence-electron chi connectivity index (χ1n) is 3.75. The third kappa shape index (κ3) is 2.99. The van der Waals surface area contributed by atoms with Gasteiger partial charge in [-0.05, 0) is 31.2 Å². The summed E-state index contributed by atoms with van der Waals surface area (Å²) < 4.78 is 36.4. The highest BCUT2D eigenvalue weighted by molar-refractivity contribution is 7.13. The summed E-state index contributed by atoms with van der Waals surface area (Å²) in [4.78, 5) is 10.3. The van der Waals surface area contributed by atoms with Gasteiger partial charge < -0.3 is 0 Å². The number of halogens is 3. The summed E-state index contributed by atoms with van der Waals surface area (Å²) in [6.45, 7) is 1.34. The van der Waals surface area contributed by atoms with Crippen molar-refractivity contribution in [2.45, 2.75) is 13.1 Å². The molecule has 0 fully saturated rings. The van der Waals surface area contributed by atoms with Gasteiger partial charge in [-0.15, -0.1) is 11.3 Å². The Kier molecular flexibility index (Phi) is 3.10. The molecule has 1 aromatic rings. The number of rotatable bonds is 2. The second-order valence-electron chi connectivity index (χ2n) is 2.64. The van der Waals surface area contributed by atoms with Gasteiger partial charge in [0.2, 0.25) is 0 Å². The average Bonchev–Trinajstić information content (AvgIpc) is 2.47. The van der Waals surface area contributed by atoms with Gasteiger partial charge in [-0.3, -0.25) is 4.79 Å². The van der Waals surface area contributed by atoms with Gasteiger partial charge in [-0.1, -0.05) is 0 Å². The van der Waals surface area contributed by atoms with E-state index in [4.69, 9.17) is 0 Å². The van der Waals surface area contributed by atoms with Crippen LogP contribution < -0.4 is 0 Å². The Bertz CT molecular complexity index is 362. The second kappa shape index (κ2) is 3.96. The number of hydrogen-bond acceptors (Lipinski definition) is 2. The van der Waals surface area contributed by atoms with Crippen molar-refractivity contribution < 1.29 is 18.0 Å². The molecule has 0 saturated heterocycles. The fourth-order valence-electron chi connectivity index (χ4n) is 0.794. The summed E-state index contributed by atoms with van der Waals surface area (Å²) >= 11 is 0.618. The van der Waals surface area contributed by atoms with Gasteiger partial charge in [-0.25, -0.2) is 0 Å². The van der Waals surface area contributed by atoms with E-state index in [2.05, 4.69) is 0 Å². The average molecular weight is 220 g/mol. The van der Waals surface area contributed by atoms with Crippen molar-refractivity contribution >= 4 is 23.2 Å². The molecule has 14 heavy (non-hydrogen) atoms. The molecule has 0 amide bonds. The van der Waals surface area contributed by atoms with Crippen molar-refractivity contribution in [2.24, 2.45) is 0 Å². The van der Waals surface area contributed by atoms with Crippen molar-refractivity contribution in [1.82, 2.24) is 0 Å². The third-order valence-electron chi connectivity index (χ3n) is 1.39. The molecule has 1 rings (SSSR count). The maximum atomic E-state index is 12.1. The predicted molar refractivity (Wildman–Crippen MR) is 49.0 cm³/mol. The van der Waals surface area contributed by atoms with Gasteiger partial charge in [0.1, 0.15) is 4.88 Å². The monoisotopic (exact) mass is 220 g/mol. The molecule has 0 saturated carbocycles. The number of thiophene rings is 1. The van der Waals surface area contributed by atoms with Crippen LogP contribution in [0.4, 0.5) is 13.2 Å². The lowest BCUT2D eigenvalue weighted by atomic mass is 10.3. The Morgan fingerprint density at radius 3 is 2.50 bits per heavy atom. The predicted octanol–water partition coefficient (Wildman–Crippen LogP) is 3.37. The van der Waals surface area contributed by atoms with E-state index in [0.29, 0.717) is 16.2 Å². The van der Waals surface area contributed by atoms with Crippen LogP contribution >= 0.6 is 11.3 Å². The minimum absolute atomic E-state index is 0.188. The molecule has 0 spiro atoms. The fraction of sp³-hybridized carbons (Fsp3) is 0.222. The normalized spacial score (nSPS) is 12.3. The van der Waals surface area contributed by atoms with E-state index in [9.17, 15) is 18.0 Å². The Labute approximate surface area is 82.9 Å². The van der Waals surface area contributed by atoms with Crippen molar-refractivity contribution in [1.29, 1.82) is 0 Å². The lowest BCUT2D eigenvalue weighted by molar-refractivity contribution is -0.134. The summed E-state index contributed by atoms with van der Waals surface area (Å²) in [5.74, 6) is -0.188. The van der Waals surface area contributed by atoms with Crippen LogP contribution in [0.15, 0.2) is 18.2 Å². The topological polar surface area (TPSA) is 17.1 Å². The Hall–Kier alpha value is -1.10. The highest BCUT2D eigenvalue weighted by Crippen LogP contribution is 2.34. The standard InChI is InChI=1S/C9H7F3OS/c1-6(13)2-3-7-4-5-8(14-7)9(10,11)12/h2-5H,1H3/b3-2+. The van der Waals surface area contributed by atoms with Crippen LogP contribution in [0.2, 0.25) is 0 Å². The lowest BCUT2D eigenvalue weighted by Gasteiger charge is -1.99. The van der Waals surface area contributed by atoms with E-state index in [-0.39, 0.29) is 5.78 Å². The number of allylic oxidation sites excluding steroid dienone is 1. The summed E-state index contributed by atoms with van der Waals surface area (Å²) in [5, 5.41) is 0. The van der Waals surface area contributed by atoms with Gasteiger partial charge in [0.05, 0.1) is 0 Å². The third-order valence-corrected chi connectivity index (χ3v) is 2.48. The summed E-state index contributed by atoms with van der Waals surface area (Å²) in [5.41, 5.74) is 0. The van der Waals surface area contributed by atoms with Crippen LogP contribution in [0.1, 0.15) is 16.7 Å². The SMILES string of the molecule is CC(=O)/C=C/c1ccc(C(F)(F)F)s1. The number of carbonyl (C=O) groups excluding carboxylic acids is 1. The molecule has 0 bridgehead atoms. The fourth-order valence-corrected chi connectivity index (χ4v) is 1.57. The molecule has 0 atom stereocenters. The Morgan fingerprint density at radius 2 is 2.07 bits per heavy atom. The number of ketones is 1. The number of hydrogen-bond donors (Lipinski definition) is 0. The maximum Gasteiger partial charge on any atom is 0.425 e. The largest absolute Gasteiger partial charge is 0.425 e. The number of carbonyl (C=O) groups is 1. The molecule has 0 aliphatic heterocycles. The first-order chi connectivity index (χ1) is 6.39. The van der Waals surface area contributed by atoms with Crippen molar-refractivity contribution in [3.63, 3.8) is 0 Å². The van der Waals surface area contributed by atoms with E-state index < -0.39 is 11.1 Å². The molecule has 0 unspecified atom stereocenters. The molecule has 1 nitrogen and oxygen atoms in total. The summed E-state index contributed by atoms with van der Waals surface area (Å²) in [7, 11) is 0. The second-order valence-corrected chi connectivity index (χ2v) is 3.76. The molecule has 0 N–H and O–H groups in total. The van der Waals surface area contributed by atoms with Crippen molar-refractivity contribution in [3.8, 4) is 0 Å². The van der Waals surface area contributed by atoms with Crippen LogP contribution in [0.5, 0.6) is 0 Å². The van der Waals surface area contributed by atoms with Crippen LogP contribution in [-0.2, 0) is 11.0 Å². The zero-order chi connectivity index (χ0) is 10.8. The zero-order valence-electron chi connectivity index (χ0n) is 7.26. The Morgan fingerprint density at radius 1 is 1.43 bits per heavy atom. The quantitative estimate of drug-likeness (QED) is 0.698. The first-order valence-corrected chi connectivity index (χ1v) is 4.57. The van der Waals surface area contributed by atoms with E-state index in [1.807, 2.05) is 0 Å². The van der Waals surface area contributed by atoms with Gasteiger partial charge in [0.15, 0.2) is 5.78 Å². The van der Waals surface area contributed by atoms with E-state index >= 15 is 0 Å². The van der Waals surface area contributed by atoms with Gasteiger partial charge >= 0.3 is 6.18 Å². The molecule has 5 heteroatoms. The van der Waals surface area contributed by atoms with Crippen LogP contribution in [0, 0.1) is 0 Å². The Balaban J connectivity index is 2.84. The van der Waals surface area contributed by atoms with Crippen molar-refractivity contribution in [3.05, 3.63) is 28.0 Å². The van der Waals surface area contributed by atoms with E-state index in [0.717, 1.165) is 6.07 Å². The lowest BCUT2D eigenvalue weighted by Crippen LogP contribution is -2.00. The van der Waals surface area contributed by atoms with Crippen molar-refractivity contribution in [2.75, 3.05) is 0 Å². The van der Waals surface area contributed by atoms with Gasteiger partial charge in [0.25, 0.3) is 0 Å². The summed E-state index contributed by atoms with van der Waals surface area (Å²) in [6, 6.07) is 2.34. The van der Waals surface area contributed by atoms with E-state index in [1.165, 1.54) is 25.1 Å². The highest BCUT2D eigenvalue weighted by atomic mass is 32.1. The minimum Gasteiger partial charge on any atom is -0.295 e. The minimum atomic E-state index is -4.30.